The second kappa shape index (κ2) is 5.98. The molecule has 3 nitrogen and oxygen atoms in total. The van der Waals surface area contributed by atoms with Crippen molar-refractivity contribution in [2.75, 3.05) is 5.75 Å². The summed E-state index contributed by atoms with van der Waals surface area (Å²) in [6.45, 7) is 5.87. The van der Waals surface area contributed by atoms with Crippen LogP contribution in [0.3, 0.4) is 0 Å². The molecule has 0 saturated heterocycles. The maximum Gasteiger partial charge on any atom is 0.264 e. The zero-order valence-electron chi connectivity index (χ0n) is 10.0. The Bertz CT molecular complexity index is 489. The molecule has 0 amide bonds. The van der Waals surface area contributed by atoms with Crippen molar-refractivity contribution in [3.63, 3.8) is 0 Å². The van der Waals surface area contributed by atoms with Gasteiger partial charge >= 0.3 is 0 Å². The quantitative estimate of drug-likeness (QED) is 0.627. The summed E-state index contributed by atoms with van der Waals surface area (Å²) in [5.41, 5.74) is 3.31. The molecule has 4 heteroatoms. The van der Waals surface area contributed by atoms with Gasteiger partial charge in [-0.05, 0) is 37.3 Å². The van der Waals surface area contributed by atoms with Crippen molar-refractivity contribution in [2.45, 2.75) is 26.2 Å². The van der Waals surface area contributed by atoms with Gasteiger partial charge in [0.15, 0.2) is 0 Å². The Morgan fingerprint density at radius 1 is 1.29 bits per heavy atom. The van der Waals surface area contributed by atoms with Crippen LogP contribution in [0.2, 0.25) is 0 Å². The van der Waals surface area contributed by atoms with Gasteiger partial charge in [-0.1, -0.05) is 36.4 Å². The molecule has 0 aromatic heterocycles. The molecular formula is C13H18O3S. The summed E-state index contributed by atoms with van der Waals surface area (Å²) < 4.78 is 29.7. The lowest BCUT2D eigenvalue weighted by atomic mass is 9.98. The highest BCUT2D eigenvalue weighted by atomic mass is 32.2. The van der Waals surface area contributed by atoms with Gasteiger partial charge in [-0.25, -0.2) is 0 Å². The number of benzene rings is 1. The predicted octanol–water partition coefficient (Wildman–Crippen LogP) is 2.93. The van der Waals surface area contributed by atoms with Crippen LogP contribution in [0.5, 0.6) is 0 Å². The average Bonchev–Trinajstić information content (AvgIpc) is 2.23. The van der Waals surface area contributed by atoms with Crippen molar-refractivity contribution in [2.24, 2.45) is 0 Å². The van der Waals surface area contributed by atoms with Gasteiger partial charge in [0, 0.05) is 0 Å². The number of aryl methyl sites for hydroxylation is 1. The fraction of sp³-hybridized carbons (Fsp3) is 0.385. The normalized spacial score (nSPS) is 11.4. The monoisotopic (exact) mass is 254 g/mol. The minimum Gasteiger partial charge on any atom is -0.286 e. The van der Waals surface area contributed by atoms with Crippen LogP contribution in [-0.4, -0.2) is 18.7 Å². The Morgan fingerprint density at radius 3 is 2.53 bits per heavy atom. The first-order chi connectivity index (χ1) is 7.90. The predicted molar refractivity (Wildman–Crippen MR) is 70.5 cm³/mol. The molecule has 0 fully saturated rings. The molecule has 0 unspecified atom stereocenters. The molecule has 0 bridgehead atoms. The summed E-state index contributed by atoms with van der Waals surface area (Å²) in [5, 5.41) is 0. The first kappa shape index (κ1) is 13.9. The Balaban J connectivity index is 2.55. The van der Waals surface area contributed by atoms with Crippen molar-refractivity contribution in [1.82, 2.24) is 0 Å². The van der Waals surface area contributed by atoms with Crippen molar-refractivity contribution < 1.29 is 13.0 Å². The maximum absolute atomic E-state index is 10.6. The molecule has 0 aliphatic rings. The van der Waals surface area contributed by atoms with E-state index in [1.54, 1.807) is 0 Å². The molecule has 0 aliphatic heterocycles. The molecule has 0 aliphatic carbocycles. The largest absolute Gasteiger partial charge is 0.286 e. The van der Waals surface area contributed by atoms with Gasteiger partial charge in [0.05, 0.1) is 5.75 Å². The number of unbranched alkanes of at least 4 members (excludes halogenated alkanes) is 1. The summed E-state index contributed by atoms with van der Waals surface area (Å²) in [4.78, 5) is 0. The van der Waals surface area contributed by atoms with Crippen molar-refractivity contribution >= 4 is 15.7 Å². The molecular weight excluding hydrogens is 236 g/mol. The number of hydrogen-bond acceptors (Lipinski definition) is 2. The molecule has 1 N–H and O–H groups in total. The summed E-state index contributed by atoms with van der Waals surface area (Å²) in [6.07, 6.45) is 2.02. The van der Waals surface area contributed by atoms with Crippen LogP contribution in [-0.2, 0) is 16.5 Å². The maximum atomic E-state index is 10.6. The average molecular weight is 254 g/mol. The van der Waals surface area contributed by atoms with E-state index >= 15 is 0 Å². The highest BCUT2D eigenvalue weighted by Crippen LogP contribution is 2.19. The van der Waals surface area contributed by atoms with Crippen LogP contribution in [0.25, 0.3) is 5.57 Å². The third-order valence-electron chi connectivity index (χ3n) is 2.58. The third kappa shape index (κ3) is 5.15. The highest BCUT2D eigenvalue weighted by molar-refractivity contribution is 7.85. The van der Waals surface area contributed by atoms with Gasteiger partial charge in [-0.2, -0.15) is 8.42 Å². The van der Waals surface area contributed by atoms with Crippen LogP contribution in [0.4, 0.5) is 0 Å². The highest BCUT2D eigenvalue weighted by Gasteiger charge is 2.05. The van der Waals surface area contributed by atoms with E-state index in [0.717, 1.165) is 24.0 Å². The Hall–Kier alpha value is -1.13. The Labute approximate surface area is 103 Å². The number of hydrogen-bond donors (Lipinski definition) is 1. The lowest BCUT2D eigenvalue weighted by molar-refractivity contribution is 0.480. The molecule has 0 radical (unpaired) electrons. The first-order valence-electron chi connectivity index (χ1n) is 5.59. The minimum atomic E-state index is -3.82. The molecule has 17 heavy (non-hydrogen) atoms. The van der Waals surface area contributed by atoms with Crippen LogP contribution in [0, 0.1) is 0 Å². The molecule has 0 heterocycles. The number of rotatable bonds is 6. The van der Waals surface area contributed by atoms with E-state index in [9.17, 15) is 8.42 Å². The molecule has 1 aromatic rings. The van der Waals surface area contributed by atoms with E-state index in [-0.39, 0.29) is 5.75 Å². The van der Waals surface area contributed by atoms with E-state index in [2.05, 4.69) is 6.58 Å². The Kier molecular flexibility index (Phi) is 4.90. The first-order valence-corrected chi connectivity index (χ1v) is 7.20. The van der Waals surface area contributed by atoms with Gasteiger partial charge in [-0.3, -0.25) is 4.55 Å². The number of allylic oxidation sites excluding steroid dienone is 1. The molecule has 1 aromatic carbocycles. The van der Waals surface area contributed by atoms with E-state index in [4.69, 9.17) is 4.55 Å². The van der Waals surface area contributed by atoms with Crippen LogP contribution < -0.4 is 0 Å². The minimum absolute atomic E-state index is 0.164. The van der Waals surface area contributed by atoms with Gasteiger partial charge in [0.1, 0.15) is 0 Å². The second-order valence-electron chi connectivity index (χ2n) is 4.18. The molecule has 0 saturated carbocycles. The fourth-order valence-corrected chi connectivity index (χ4v) is 2.32. The fourth-order valence-electron chi connectivity index (χ4n) is 1.75. The van der Waals surface area contributed by atoms with Crippen LogP contribution >= 0.6 is 0 Å². The van der Waals surface area contributed by atoms with Gasteiger partial charge < -0.3 is 0 Å². The van der Waals surface area contributed by atoms with Crippen molar-refractivity contribution in [1.29, 1.82) is 0 Å². The molecule has 0 atom stereocenters. The van der Waals surface area contributed by atoms with Gasteiger partial charge in [-0.15, -0.1) is 0 Å². The Morgan fingerprint density at radius 2 is 1.94 bits per heavy atom. The van der Waals surface area contributed by atoms with E-state index < -0.39 is 10.1 Å². The zero-order valence-corrected chi connectivity index (χ0v) is 10.8. The molecule has 94 valence electrons. The summed E-state index contributed by atoms with van der Waals surface area (Å²) in [7, 11) is -3.82. The summed E-state index contributed by atoms with van der Waals surface area (Å²) >= 11 is 0. The topological polar surface area (TPSA) is 54.4 Å². The summed E-state index contributed by atoms with van der Waals surface area (Å²) in [5.74, 6) is -0.164. The standard InChI is InChI=1S/C13H18O3S/c1-11(2)13-9-4-3-7-12(13)8-5-6-10-17(14,15)16/h3-4,7,9H,1,5-6,8,10H2,2H3,(H,14,15,16). The van der Waals surface area contributed by atoms with Gasteiger partial charge in [0.2, 0.25) is 0 Å². The SMILES string of the molecule is C=C(C)c1ccccc1CCCCS(=O)(=O)O. The van der Waals surface area contributed by atoms with E-state index in [0.29, 0.717) is 6.42 Å². The van der Waals surface area contributed by atoms with Gasteiger partial charge in [0.25, 0.3) is 10.1 Å². The zero-order chi connectivity index (χ0) is 12.9. The van der Waals surface area contributed by atoms with E-state index in [1.165, 1.54) is 5.56 Å². The van der Waals surface area contributed by atoms with Crippen molar-refractivity contribution in [3.8, 4) is 0 Å². The second-order valence-corrected chi connectivity index (χ2v) is 5.75. The van der Waals surface area contributed by atoms with Crippen molar-refractivity contribution in [3.05, 3.63) is 42.0 Å². The third-order valence-corrected chi connectivity index (χ3v) is 3.38. The summed E-state index contributed by atoms with van der Waals surface area (Å²) in [6, 6.07) is 7.97. The smallest absolute Gasteiger partial charge is 0.264 e. The lowest BCUT2D eigenvalue weighted by Gasteiger charge is -2.08. The molecule has 0 spiro atoms. The van der Waals surface area contributed by atoms with Crippen LogP contribution in [0.15, 0.2) is 30.8 Å². The van der Waals surface area contributed by atoms with E-state index in [1.807, 2.05) is 31.2 Å². The molecule has 1 rings (SSSR count). The lowest BCUT2D eigenvalue weighted by Crippen LogP contribution is -2.04. The van der Waals surface area contributed by atoms with Crippen LogP contribution in [0.1, 0.15) is 30.9 Å².